The van der Waals surface area contributed by atoms with Gasteiger partial charge in [-0.3, -0.25) is 4.68 Å². The van der Waals surface area contributed by atoms with Gasteiger partial charge in [0, 0.05) is 29.3 Å². The summed E-state index contributed by atoms with van der Waals surface area (Å²) in [6.07, 6.45) is -0.330. The van der Waals surface area contributed by atoms with E-state index in [0.717, 1.165) is 11.3 Å². The maximum atomic E-state index is 12.5. The number of hydrogen-bond acceptors (Lipinski definition) is 5. The van der Waals surface area contributed by atoms with E-state index in [0.29, 0.717) is 17.7 Å². The van der Waals surface area contributed by atoms with Crippen LogP contribution in [0.3, 0.4) is 0 Å². The molecule has 6 nitrogen and oxygen atoms in total. The lowest BCUT2D eigenvalue weighted by Gasteiger charge is -2.23. The van der Waals surface area contributed by atoms with E-state index in [-0.39, 0.29) is 18.4 Å². The summed E-state index contributed by atoms with van der Waals surface area (Å²) in [5.41, 5.74) is 3.01. The molecule has 1 aliphatic heterocycles. The molecule has 0 fully saturated rings. The van der Waals surface area contributed by atoms with Gasteiger partial charge in [-0.15, -0.1) is 0 Å². The van der Waals surface area contributed by atoms with E-state index in [1.54, 1.807) is 12.1 Å². The molecule has 0 N–H and O–H groups in total. The van der Waals surface area contributed by atoms with Crippen molar-refractivity contribution in [2.24, 2.45) is 0 Å². The second kappa shape index (κ2) is 7.41. The number of alkyl halides is 2. The van der Waals surface area contributed by atoms with Gasteiger partial charge in [0.15, 0.2) is 6.10 Å². The highest BCUT2D eigenvalue weighted by atomic mass is 19.3. The Balaban J connectivity index is 2.01. The minimum Gasteiger partial charge on any atom is -0.467 e. The predicted molar refractivity (Wildman–Crippen MR) is 89.0 cm³/mol. The molecule has 1 aliphatic rings. The molecule has 1 atom stereocenters. The smallest absolute Gasteiger partial charge is 0.387 e. The van der Waals surface area contributed by atoms with Gasteiger partial charge in [0.25, 0.3) is 0 Å². The molecular weight excluding hydrogens is 346 g/mol. The Kier molecular flexibility index (Phi) is 5.22. The van der Waals surface area contributed by atoms with Crippen LogP contribution in [0, 0.1) is 0 Å². The lowest BCUT2D eigenvalue weighted by Crippen LogP contribution is -2.32. The van der Waals surface area contributed by atoms with E-state index in [1.165, 1.54) is 19.2 Å². The van der Waals surface area contributed by atoms with Gasteiger partial charge in [0.2, 0.25) is 0 Å². The SMILES string of the molecule is COC(=O)C1Cc2c(c(-c3cccc(OC(F)F)c3)nn2C(C)C)CO1. The zero-order chi connectivity index (χ0) is 18.8. The molecule has 1 unspecified atom stereocenters. The fourth-order valence-corrected chi connectivity index (χ4v) is 3.05. The van der Waals surface area contributed by atoms with Gasteiger partial charge in [0.05, 0.1) is 19.4 Å². The summed E-state index contributed by atoms with van der Waals surface area (Å²) in [7, 11) is 1.32. The zero-order valence-corrected chi connectivity index (χ0v) is 14.7. The van der Waals surface area contributed by atoms with Gasteiger partial charge >= 0.3 is 12.6 Å². The van der Waals surface area contributed by atoms with Gasteiger partial charge in [-0.05, 0) is 26.0 Å². The first-order valence-electron chi connectivity index (χ1n) is 8.25. The summed E-state index contributed by atoms with van der Waals surface area (Å²) in [6, 6.07) is 6.46. The molecule has 26 heavy (non-hydrogen) atoms. The third-order valence-corrected chi connectivity index (χ3v) is 4.21. The van der Waals surface area contributed by atoms with E-state index in [4.69, 9.17) is 9.47 Å². The quantitative estimate of drug-likeness (QED) is 0.760. The molecule has 0 radical (unpaired) electrons. The van der Waals surface area contributed by atoms with Crippen LogP contribution in [0.1, 0.15) is 31.1 Å². The molecule has 3 rings (SSSR count). The van der Waals surface area contributed by atoms with Crippen molar-refractivity contribution < 1.29 is 27.8 Å². The number of aromatic nitrogens is 2. The lowest BCUT2D eigenvalue weighted by atomic mass is 10.0. The first kappa shape index (κ1) is 18.3. The number of halogens is 2. The number of hydrogen-bond donors (Lipinski definition) is 0. The third kappa shape index (κ3) is 3.55. The van der Waals surface area contributed by atoms with Gasteiger partial charge < -0.3 is 14.2 Å². The number of rotatable bonds is 5. The Bertz CT molecular complexity index is 804. The predicted octanol–water partition coefficient (Wildman–Crippen LogP) is 3.35. The number of carbonyl (C=O) groups is 1. The van der Waals surface area contributed by atoms with Crippen LogP contribution in [0.25, 0.3) is 11.3 Å². The van der Waals surface area contributed by atoms with Crippen molar-refractivity contribution in [1.29, 1.82) is 0 Å². The average Bonchev–Trinajstić information content (AvgIpc) is 2.99. The first-order chi connectivity index (χ1) is 12.4. The van der Waals surface area contributed by atoms with Gasteiger partial charge in [-0.25, -0.2) is 4.79 Å². The molecule has 0 amide bonds. The van der Waals surface area contributed by atoms with Crippen LogP contribution in [0.2, 0.25) is 0 Å². The van der Waals surface area contributed by atoms with Gasteiger partial charge in [0.1, 0.15) is 5.75 Å². The normalized spacial score (nSPS) is 16.7. The average molecular weight is 366 g/mol. The van der Waals surface area contributed by atoms with Crippen molar-refractivity contribution in [3.8, 4) is 17.0 Å². The first-order valence-corrected chi connectivity index (χ1v) is 8.25. The van der Waals surface area contributed by atoms with E-state index >= 15 is 0 Å². The molecule has 2 aromatic rings. The summed E-state index contributed by atoms with van der Waals surface area (Å²) in [6.45, 7) is 1.26. The molecule has 0 aliphatic carbocycles. The molecule has 0 saturated carbocycles. The Morgan fingerprint density at radius 3 is 2.81 bits per heavy atom. The number of esters is 1. The van der Waals surface area contributed by atoms with Crippen LogP contribution in [0.15, 0.2) is 24.3 Å². The number of ether oxygens (including phenoxy) is 3. The Morgan fingerprint density at radius 1 is 1.38 bits per heavy atom. The largest absolute Gasteiger partial charge is 0.467 e. The second-order valence-electron chi connectivity index (χ2n) is 6.25. The van der Waals surface area contributed by atoms with E-state index in [9.17, 15) is 13.6 Å². The monoisotopic (exact) mass is 366 g/mol. The summed E-state index contributed by atoms with van der Waals surface area (Å²) in [5.74, 6) is -0.365. The lowest BCUT2D eigenvalue weighted by molar-refractivity contribution is -0.155. The summed E-state index contributed by atoms with van der Waals surface area (Å²) < 4.78 is 41.7. The summed E-state index contributed by atoms with van der Waals surface area (Å²) in [4.78, 5) is 11.8. The molecular formula is C18H20F2N2O4. The summed E-state index contributed by atoms with van der Waals surface area (Å²) in [5, 5.41) is 4.64. The van der Waals surface area contributed by atoms with Crippen LogP contribution in [0.4, 0.5) is 8.78 Å². The van der Waals surface area contributed by atoms with Crippen molar-refractivity contribution in [3.63, 3.8) is 0 Å². The fourth-order valence-electron chi connectivity index (χ4n) is 3.05. The van der Waals surface area contributed by atoms with Crippen molar-refractivity contribution >= 4 is 5.97 Å². The molecule has 8 heteroatoms. The maximum absolute atomic E-state index is 12.5. The van der Waals surface area contributed by atoms with Crippen LogP contribution < -0.4 is 4.74 Å². The molecule has 2 heterocycles. The highest BCUT2D eigenvalue weighted by Gasteiger charge is 2.32. The summed E-state index contributed by atoms with van der Waals surface area (Å²) >= 11 is 0. The Labute approximate surface area is 149 Å². The Hall–Kier alpha value is -2.48. The topological polar surface area (TPSA) is 62.6 Å². The number of fused-ring (bicyclic) bond motifs is 1. The molecule has 1 aromatic heterocycles. The van der Waals surface area contributed by atoms with Crippen molar-refractivity contribution in [2.75, 3.05) is 7.11 Å². The third-order valence-electron chi connectivity index (χ3n) is 4.21. The van der Waals surface area contributed by atoms with Gasteiger partial charge in [-0.2, -0.15) is 13.9 Å². The standard InChI is InChI=1S/C18H20F2N2O4/c1-10(2)22-14-8-15(17(23)24-3)25-9-13(14)16(21-22)11-5-4-6-12(7-11)26-18(19)20/h4-7,10,15,18H,8-9H2,1-3H3. The second-order valence-corrected chi connectivity index (χ2v) is 6.25. The van der Waals surface area contributed by atoms with E-state index in [1.807, 2.05) is 18.5 Å². The van der Waals surface area contributed by atoms with Crippen molar-refractivity contribution in [1.82, 2.24) is 9.78 Å². The maximum Gasteiger partial charge on any atom is 0.387 e. The molecule has 0 spiro atoms. The van der Waals surface area contributed by atoms with Crippen LogP contribution in [0.5, 0.6) is 5.75 Å². The number of benzene rings is 1. The fraction of sp³-hybridized carbons (Fsp3) is 0.444. The Morgan fingerprint density at radius 2 is 2.15 bits per heavy atom. The van der Waals surface area contributed by atoms with Crippen LogP contribution >= 0.6 is 0 Å². The highest BCUT2D eigenvalue weighted by molar-refractivity contribution is 5.76. The molecule has 0 saturated heterocycles. The minimum atomic E-state index is -2.89. The van der Waals surface area contributed by atoms with E-state index < -0.39 is 18.7 Å². The minimum absolute atomic E-state index is 0.0643. The molecule has 1 aromatic carbocycles. The van der Waals surface area contributed by atoms with Crippen molar-refractivity contribution in [2.45, 2.75) is 45.6 Å². The van der Waals surface area contributed by atoms with Crippen LogP contribution in [-0.2, 0) is 27.3 Å². The number of carbonyl (C=O) groups excluding carboxylic acids is 1. The van der Waals surface area contributed by atoms with Crippen LogP contribution in [-0.4, -0.2) is 35.6 Å². The highest BCUT2D eigenvalue weighted by Crippen LogP contribution is 2.34. The van der Waals surface area contributed by atoms with Gasteiger partial charge in [-0.1, -0.05) is 12.1 Å². The zero-order valence-electron chi connectivity index (χ0n) is 14.7. The number of nitrogens with zero attached hydrogens (tertiary/aromatic N) is 2. The number of methoxy groups -OCH3 is 1. The molecule has 0 bridgehead atoms. The van der Waals surface area contributed by atoms with Crippen molar-refractivity contribution in [3.05, 3.63) is 35.5 Å². The molecule has 140 valence electrons. The van der Waals surface area contributed by atoms with E-state index in [2.05, 4.69) is 9.84 Å².